The van der Waals surface area contributed by atoms with Crippen molar-refractivity contribution in [3.05, 3.63) is 34.9 Å². The van der Waals surface area contributed by atoms with Gasteiger partial charge in [-0.15, -0.1) is 0 Å². The van der Waals surface area contributed by atoms with Crippen LogP contribution in [0.25, 0.3) is 0 Å². The maximum Gasteiger partial charge on any atom is 0.0406 e. The van der Waals surface area contributed by atoms with E-state index in [2.05, 4.69) is 19.1 Å². The molecule has 0 saturated heterocycles. The van der Waals surface area contributed by atoms with Gasteiger partial charge in [-0.05, 0) is 43.0 Å². The lowest BCUT2D eigenvalue weighted by Gasteiger charge is -2.14. The summed E-state index contributed by atoms with van der Waals surface area (Å²) in [6.07, 6.45) is 10.5. The Kier molecular flexibility index (Phi) is 8.94. The topological polar surface area (TPSA) is 26.0 Å². The standard InChI is InChI=1S/C17H28ClN/c1-2-3-4-5-6-7-8-16(14-19)13-15-9-11-17(18)12-10-15/h9-12,16H,2-8,13-14,19H2,1H3. The molecular formula is C17H28ClN. The summed E-state index contributed by atoms with van der Waals surface area (Å²) in [7, 11) is 0. The molecular weight excluding hydrogens is 254 g/mol. The van der Waals surface area contributed by atoms with Crippen molar-refractivity contribution in [1.29, 1.82) is 0 Å². The summed E-state index contributed by atoms with van der Waals surface area (Å²) in [6.45, 7) is 3.05. The first-order chi connectivity index (χ1) is 9.26. The first-order valence-corrected chi connectivity index (χ1v) is 8.08. The average Bonchev–Trinajstić information content (AvgIpc) is 2.43. The molecule has 1 unspecified atom stereocenters. The molecule has 2 heteroatoms. The summed E-state index contributed by atoms with van der Waals surface area (Å²) in [6, 6.07) is 8.17. The molecule has 19 heavy (non-hydrogen) atoms. The Hall–Kier alpha value is -0.530. The van der Waals surface area contributed by atoms with Gasteiger partial charge in [0, 0.05) is 5.02 Å². The van der Waals surface area contributed by atoms with Gasteiger partial charge in [0.1, 0.15) is 0 Å². The molecule has 1 atom stereocenters. The largest absolute Gasteiger partial charge is 0.330 e. The van der Waals surface area contributed by atoms with E-state index in [1.807, 2.05) is 12.1 Å². The Labute approximate surface area is 123 Å². The van der Waals surface area contributed by atoms with Crippen molar-refractivity contribution in [2.24, 2.45) is 11.7 Å². The van der Waals surface area contributed by atoms with E-state index in [1.54, 1.807) is 0 Å². The summed E-state index contributed by atoms with van der Waals surface area (Å²) in [5, 5.41) is 0.809. The van der Waals surface area contributed by atoms with Crippen LogP contribution in [0.15, 0.2) is 24.3 Å². The minimum Gasteiger partial charge on any atom is -0.330 e. The molecule has 0 aromatic heterocycles. The fraction of sp³-hybridized carbons (Fsp3) is 0.647. The second-order valence-electron chi connectivity index (χ2n) is 5.49. The fourth-order valence-corrected chi connectivity index (χ4v) is 2.60. The second kappa shape index (κ2) is 10.3. The van der Waals surface area contributed by atoms with Crippen LogP contribution in [0, 0.1) is 5.92 Å². The maximum absolute atomic E-state index is 5.90. The van der Waals surface area contributed by atoms with E-state index >= 15 is 0 Å². The summed E-state index contributed by atoms with van der Waals surface area (Å²) in [4.78, 5) is 0. The van der Waals surface area contributed by atoms with Gasteiger partial charge in [-0.25, -0.2) is 0 Å². The average molecular weight is 282 g/mol. The predicted octanol–water partition coefficient (Wildman–Crippen LogP) is 5.21. The van der Waals surface area contributed by atoms with Crippen molar-refractivity contribution >= 4 is 11.6 Å². The van der Waals surface area contributed by atoms with E-state index in [-0.39, 0.29) is 0 Å². The molecule has 108 valence electrons. The summed E-state index contributed by atoms with van der Waals surface area (Å²) < 4.78 is 0. The molecule has 0 aliphatic heterocycles. The second-order valence-corrected chi connectivity index (χ2v) is 5.93. The van der Waals surface area contributed by atoms with Gasteiger partial charge >= 0.3 is 0 Å². The highest BCUT2D eigenvalue weighted by Gasteiger charge is 2.07. The molecule has 1 aromatic carbocycles. The van der Waals surface area contributed by atoms with E-state index < -0.39 is 0 Å². The zero-order valence-corrected chi connectivity index (χ0v) is 13.0. The minimum atomic E-state index is 0.618. The Bertz CT molecular complexity index is 321. The van der Waals surface area contributed by atoms with E-state index in [9.17, 15) is 0 Å². The first-order valence-electron chi connectivity index (χ1n) is 7.70. The van der Waals surface area contributed by atoms with Crippen LogP contribution in [0.1, 0.15) is 57.4 Å². The SMILES string of the molecule is CCCCCCCCC(CN)Cc1ccc(Cl)cc1. The highest BCUT2D eigenvalue weighted by Crippen LogP contribution is 2.18. The Morgan fingerprint density at radius 1 is 1.00 bits per heavy atom. The summed E-state index contributed by atoms with van der Waals surface area (Å²) in [5.74, 6) is 0.618. The third-order valence-corrected chi connectivity index (χ3v) is 3.99. The van der Waals surface area contributed by atoms with Gasteiger partial charge in [0.05, 0.1) is 0 Å². The van der Waals surface area contributed by atoms with Gasteiger partial charge in [-0.3, -0.25) is 0 Å². The molecule has 0 aliphatic carbocycles. The van der Waals surface area contributed by atoms with Gasteiger partial charge in [0.15, 0.2) is 0 Å². The van der Waals surface area contributed by atoms with Crippen molar-refractivity contribution in [2.75, 3.05) is 6.54 Å². The third kappa shape index (κ3) is 7.59. The Balaban J connectivity index is 2.20. The molecule has 0 saturated carbocycles. The monoisotopic (exact) mass is 281 g/mol. The molecule has 0 spiro atoms. The number of unbranched alkanes of at least 4 members (excludes halogenated alkanes) is 5. The lowest BCUT2D eigenvalue weighted by Crippen LogP contribution is -2.16. The van der Waals surface area contributed by atoms with Crippen molar-refractivity contribution in [3.8, 4) is 0 Å². The molecule has 0 aliphatic rings. The molecule has 1 nitrogen and oxygen atoms in total. The highest BCUT2D eigenvalue weighted by atomic mass is 35.5. The molecule has 2 N–H and O–H groups in total. The van der Waals surface area contributed by atoms with E-state index in [1.165, 1.54) is 50.5 Å². The quantitative estimate of drug-likeness (QED) is 0.586. The fourth-order valence-electron chi connectivity index (χ4n) is 2.47. The molecule has 1 aromatic rings. The van der Waals surface area contributed by atoms with Gasteiger partial charge < -0.3 is 5.73 Å². The molecule has 0 fully saturated rings. The number of hydrogen-bond donors (Lipinski definition) is 1. The molecule has 0 radical (unpaired) electrons. The number of nitrogens with two attached hydrogens (primary N) is 1. The van der Waals surface area contributed by atoms with Crippen LogP contribution in [0.3, 0.4) is 0 Å². The smallest absolute Gasteiger partial charge is 0.0406 e. The Morgan fingerprint density at radius 3 is 2.26 bits per heavy atom. The van der Waals surface area contributed by atoms with Crippen LogP contribution in [0.5, 0.6) is 0 Å². The van der Waals surface area contributed by atoms with Gasteiger partial charge in [-0.2, -0.15) is 0 Å². The number of halogens is 1. The van der Waals surface area contributed by atoms with Crippen molar-refractivity contribution in [2.45, 2.75) is 58.3 Å². The predicted molar refractivity (Wildman–Crippen MR) is 85.7 cm³/mol. The normalized spacial score (nSPS) is 12.6. The lowest BCUT2D eigenvalue weighted by atomic mass is 9.93. The summed E-state index contributed by atoms with van der Waals surface area (Å²) in [5.41, 5.74) is 7.24. The van der Waals surface area contributed by atoms with Crippen LogP contribution < -0.4 is 5.73 Å². The van der Waals surface area contributed by atoms with E-state index in [0.29, 0.717) is 5.92 Å². The molecule has 0 amide bonds. The van der Waals surface area contributed by atoms with Crippen LogP contribution >= 0.6 is 11.6 Å². The van der Waals surface area contributed by atoms with Crippen LogP contribution in [-0.2, 0) is 6.42 Å². The molecule has 0 bridgehead atoms. The van der Waals surface area contributed by atoms with Gasteiger partial charge in [-0.1, -0.05) is 69.2 Å². The first kappa shape index (κ1) is 16.5. The molecule has 1 rings (SSSR count). The van der Waals surface area contributed by atoms with Crippen LogP contribution in [-0.4, -0.2) is 6.54 Å². The zero-order valence-electron chi connectivity index (χ0n) is 12.2. The minimum absolute atomic E-state index is 0.618. The van der Waals surface area contributed by atoms with Crippen molar-refractivity contribution in [1.82, 2.24) is 0 Å². The Morgan fingerprint density at radius 2 is 1.63 bits per heavy atom. The lowest BCUT2D eigenvalue weighted by molar-refractivity contribution is 0.456. The van der Waals surface area contributed by atoms with Crippen molar-refractivity contribution in [3.63, 3.8) is 0 Å². The van der Waals surface area contributed by atoms with Gasteiger partial charge in [0.2, 0.25) is 0 Å². The van der Waals surface area contributed by atoms with E-state index in [0.717, 1.165) is 18.0 Å². The van der Waals surface area contributed by atoms with Crippen LogP contribution in [0.2, 0.25) is 5.02 Å². The summed E-state index contributed by atoms with van der Waals surface area (Å²) >= 11 is 5.90. The third-order valence-electron chi connectivity index (χ3n) is 3.74. The highest BCUT2D eigenvalue weighted by molar-refractivity contribution is 6.30. The van der Waals surface area contributed by atoms with Crippen molar-refractivity contribution < 1.29 is 0 Å². The zero-order chi connectivity index (χ0) is 13.9. The number of rotatable bonds is 10. The maximum atomic E-state index is 5.90. The van der Waals surface area contributed by atoms with Crippen LogP contribution in [0.4, 0.5) is 0 Å². The molecule has 0 heterocycles. The number of benzene rings is 1. The number of hydrogen-bond acceptors (Lipinski definition) is 1. The van der Waals surface area contributed by atoms with E-state index in [4.69, 9.17) is 17.3 Å². The van der Waals surface area contributed by atoms with Gasteiger partial charge in [0.25, 0.3) is 0 Å².